The molecular formula is C15H23N3O. The zero-order valence-electron chi connectivity index (χ0n) is 11.6. The van der Waals surface area contributed by atoms with Crippen molar-refractivity contribution in [3.05, 3.63) is 29.6 Å². The maximum absolute atomic E-state index is 12.0. The van der Waals surface area contributed by atoms with Crippen LogP contribution in [0.1, 0.15) is 55.1 Å². The Morgan fingerprint density at radius 2 is 2.11 bits per heavy atom. The predicted molar refractivity (Wildman–Crippen MR) is 75.7 cm³/mol. The second-order valence-electron chi connectivity index (χ2n) is 5.81. The van der Waals surface area contributed by atoms with Crippen LogP contribution in [0.2, 0.25) is 0 Å². The van der Waals surface area contributed by atoms with Gasteiger partial charge in [-0.1, -0.05) is 32.3 Å². The van der Waals surface area contributed by atoms with E-state index in [1.807, 2.05) is 6.07 Å². The Labute approximate surface area is 114 Å². The summed E-state index contributed by atoms with van der Waals surface area (Å²) in [5.41, 5.74) is 7.17. The number of pyridine rings is 1. The van der Waals surface area contributed by atoms with E-state index in [-0.39, 0.29) is 11.3 Å². The van der Waals surface area contributed by atoms with Crippen molar-refractivity contribution in [3.8, 4) is 0 Å². The van der Waals surface area contributed by atoms with Gasteiger partial charge in [-0.15, -0.1) is 0 Å². The van der Waals surface area contributed by atoms with Gasteiger partial charge >= 0.3 is 0 Å². The average Bonchev–Trinajstić information content (AvgIpc) is 2.46. The van der Waals surface area contributed by atoms with Crippen LogP contribution in [0.15, 0.2) is 18.3 Å². The Morgan fingerprint density at radius 1 is 1.37 bits per heavy atom. The van der Waals surface area contributed by atoms with E-state index in [0.29, 0.717) is 12.2 Å². The van der Waals surface area contributed by atoms with Gasteiger partial charge in [0.15, 0.2) is 0 Å². The third-order valence-corrected chi connectivity index (χ3v) is 4.03. The lowest BCUT2D eigenvalue weighted by molar-refractivity contribution is 0.0914. The molecule has 104 valence electrons. The predicted octanol–water partition coefficient (Wildman–Crippen LogP) is 2.24. The smallest absolute Gasteiger partial charge is 0.269 e. The topological polar surface area (TPSA) is 68.0 Å². The number of hydrogen-bond acceptors (Lipinski definition) is 3. The van der Waals surface area contributed by atoms with Crippen LogP contribution in [0.4, 0.5) is 0 Å². The molecule has 4 heteroatoms. The normalized spacial score (nSPS) is 18.0. The lowest BCUT2D eigenvalue weighted by atomic mass is 9.76. The molecule has 3 N–H and O–H groups in total. The number of nitrogens with two attached hydrogens (primary N) is 1. The fourth-order valence-corrected chi connectivity index (χ4v) is 2.65. The molecule has 0 bridgehead atoms. The van der Waals surface area contributed by atoms with Gasteiger partial charge in [-0.25, -0.2) is 0 Å². The van der Waals surface area contributed by atoms with Gasteiger partial charge in [0.2, 0.25) is 0 Å². The third-order valence-electron chi connectivity index (χ3n) is 4.03. The number of carbonyl (C=O) groups excluding carboxylic acids is 1. The first-order valence-corrected chi connectivity index (χ1v) is 7.06. The molecule has 0 radical (unpaired) electrons. The fourth-order valence-electron chi connectivity index (χ4n) is 2.65. The van der Waals surface area contributed by atoms with Crippen molar-refractivity contribution in [2.75, 3.05) is 6.54 Å². The summed E-state index contributed by atoms with van der Waals surface area (Å²) in [6, 6.07) is 3.59. The van der Waals surface area contributed by atoms with Crippen LogP contribution in [-0.4, -0.2) is 17.4 Å². The summed E-state index contributed by atoms with van der Waals surface area (Å²) in [6.07, 6.45) is 7.94. The molecule has 1 heterocycles. The number of amides is 1. The van der Waals surface area contributed by atoms with Crippen molar-refractivity contribution in [1.82, 2.24) is 10.3 Å². The van der Waals surface area contributed by atoms with Gasteiger partial charge in [-0.3, -0.25) is 9.78 Å². The Bertz CT molecular complexity index is 422. The highest BCUT2D eigenvalue weighted by Gasteiger charge is 2.27. The average molecular weight is 261 g/mol. The highest BCUT2D eigenvalue weighted by Crippen LogP contribution is 2.34. The van der Waals surface area contributed by atoms with Crippen LogP contribution in [0.5, 0.6) is 0 Å². The quantitative estimate of drug-likeness (QED) is 0.873. The largest absolute Gasteiger partial charge is 0.350 e. The molecule has 1 amide bonds. The molecule has 0 saturated heterocycles. The summed E-state index contributed by atoms with van der Waals surface area (Å²) < 4.78 is 0. The summed E-state index contributed by atoms with van der Waals surface area (Å²) >= 11 is 0. The minimum Gasteiger partial charge on any atom is -0.350 e. The van der Waals surface area contributed by atoms with E-state index in [1.54, 1.807) is 12.3 Å². The Balaban J connectivity index is 1.89. The molecular weight excluding hydrogens is 238 g/mol. The lowest BCUT2D eigenvalue weighted by Crippen LogP contribution is -2.37. The van der Waals surface area contributed by atoms with Crippen LogP contribution < -0.4 is 11.1 Å². The van der Waals surface area contributed by atoms with E-state index in [1.165, 1.54) is 32.1 Å². The van der Waals surface area contributed by atoms with Crippen molar-refractivity contribution >= 4 is 5.91 Å². The minimum absolute atomic E-state index is 0.0876. The van der Waals surface area contributed by atoms with Crippen LogP contribution in [0, 0.1) is 5.41 Å². The van der Waals surface area contributed by atoms with Crippen molar-refractivity contribution in [1.29, 1.82) is 0 Å². The molecule has 1 aromatic heterocycles. The summed E-state index contributed by atoms with van der Waals surface area (Å²) in [6.45, 7) is 3.45. The minimum atomic E-state index is -0.0876. The third kappa shape index (κ3) is 3.77. The first-order chi connectivity index (χ1) is 9.13. The maximum Gasteiger partial charge on any atom is 0.269 e. The Morgan fingerprint density at radius 3 is 2.68 bits per heavy atom. The van der Waals surface area contributed by atoms with E-state index in [2.05, 4.69) is 17.2 Å². The summed E-state index contributed by atoms with van der Waals surface area (Å²) in [4.78, 5) is 16.2. The van der Waals surface area contributed by atoms with Crippen molar-refractivity contribution in [2.45, 2.75) is 45.6 Å². The number of hydrogen-bond donors (Lipinski definition) is 2. The first-order valence-electron chi connectivity index (χ1n) is 7.06. The second-order valence-corrected chi connectivity index (χ2v) is 5.81. The van der Waals surface area contributed by atoms with Crippen molar-refractivity contribution < 1.29 is 4.79 Å². The molecule has 1 aliphatic carbocycles. The molecule has 0 aliphatic heterocycles. The van der Waals surface area contributed by atoms with Gasteiger partial charge in [0.05, 0.1) is 0 Å². The maximum atomic E-state index is 12.0. The molecule has 1 fully saturated rings. The SMILES string of the molecule is CC1(CNC(=O)c2ccc(CN)cn2)CCCCC1. The number of aromatic nitrogens is 1. The van der Waals surface area contributed by atoms with E-state index in [0.717, 1.165) is 12.1 Å². The van der Waals surface area contributed by atoms with Crippen LogP contribution in [-0.2, 0) is 6.54 Å². The molecule has 0 aromatic carbocycles. The number of rotatable bonds is 4. The van der Waals surface area contributed by atoms with Crippen LogP contribution in [0.3, 0.4) is 0 Å². The Hall–Kier alpha value is -1.42. The Kier molecular flexibility index (Phi) is 4.53. The molecule has 1 aromatic rings. The van der Waals surface area contributed by atoms with Crippen LogP contribution >= 0.6 is 0 Å². The summed E-state index contributed by atoms with van der Waals surface area (Å²) in [5, 5.41) is 3.01. The molecule has 0 unspecified atom stereocenters. The number of nitrogens with one attached hydrogen (secondary N) is 1. The summed E-state index contributed by atoms with van der Waals surface area (Å²) in [7, 11) is 0. The summed E-state index contributed by atoms with van der Waals surface area (Å²) in [5.74, 6) is -0.0876. The molecule has 1 aliphatic rings. The lowest BCUT2D eigenvalue weighted by Gasteiger charge is -2.33. The highest BCUT2D eigenvalue weighted by molar-refractivity contribution is 5.92. The first kappa shape index (κ1) is 14.0. The molecule has 0 atom stereocenters. The number of nitrogens with zero attached hydrogens (tertiary/aromatic N) is 1. The van der Waals surface area contributed by atoms with E-state index in [9.17, 15) is 4.79 Å². The molecule has 4 nitrogen and oxygen atoms in total. The van der Waals surface area contributed by atoms with Crippen molar-refractivity contribution in [3.63, 3.8) is 0 Å². The zero-order valence-corrected chi connectivity index (χ0v) is 11.6. The molecule has 19 heavy (non-hydrogen) atoms. The van der Waals surface area contributed by atoms with Gasteiger partial charge in [0.1, 0.15) is 5.69 Å². The van der Waals surface area contributed by atoms with Gasteiger partial charge < -0.3 is 11.1 Å². The highest BCUT2D eigenvalue weighted by atomic mass is 16.1. The van der Waals surface area contributed by atoms with Crippen LogP contribution in [0.25, 0.3) is 0 Å². The molecule has 1 saturated carbocycles. The standard InChI is InChI=1S/C15H23N3O/c1-15(7-3-2-4-8-15)11-18-14(19)13-6-5-12(9-16)10-17-13/h5-6,10H,2-4,7-9,11,16H2,1H3,(H,18,19). The number of carbonyl (C=O) groups is 1. The van der Waals surface area contributed by atoms with Gasteiger partial charge in [0.25, 0.3) is 5.91 Å². The molecule has 0 spiro atoms. The fraction of sp³-hybridized carbons (Fsp3) is 0.600. The van der Waals surface area contributed by atoms with Gasteiger partial charge in [-0.2, -0.15) is 0 Å². The van der Waals surface area contributed by atoms with E-state index >= 15 is 0 Å². The van der Waals surface area contributed by atoms with E-state index < -0.39 is 0 Å². The van der Waals surface area contributed by atoms with Gasteiger partial charge in [-0.05, 0) is 29.9 Å². The van der Waals surface area contributed by atoms with Gasteiger partial charge in [0, 0.05) is 19.3 Å². The van der Waals surface area contributed by atoms with Crippen molar-refractivity contribution in [2.24, 2.45) is 11.1 Å². The molecule has 2 rings (SSSR count). The zero-order chi connectivity index (χ0) is 13.7. The monoisotopic (exact) mass is 261 g/mol. The second kappa shape index (κ2) is 6.15. The van der Waals surface area contributed by atoms with E-state index in [4.69, 9.17) is 5.73 Å².